The lowest BCUT2D eigenvalue weighted by Crippen LogP contribution is -2.61. The number of carbonyl (C=O) groups excluding carboxylic acids is 7. The Bertz CT molecular complexity index is 1610. The van der Waals surface area contributed by atoms with E-state index in [1.807, 2.05) is 0 Å². The molecular formula is C39H58N6O10. The molecule has 2 heterocycles. The third-order valence-electron chi connectivity index (χ3n) is 9.76. The Balaban J connectivity index is 1.52. The molecule has 3 fully saturated rings. The molecule has 6 amide bonds. The van der Waals surface area contributed by atoms with Gasteiger partial charge < -0.3 is 45.3 Å². The molecule has 16 nitrogen and oxygen atoms in total. The second-order valence-electron chi connectivity index (χ2n) is 17.3. The minimum atomic E-state index is -1.28. The van der Waals surface area contributed by atoms with Crippen molar-refractivity contribution in [3.05, 3.63) is 35.9 Å². The summed E-state index contributed by atoms with van der Waals surface area (Å²) in [6.45, 7) is 13.1. The summed E-state index contributed by atoms with van der Waals surface area (Å²) in [5.41, 5.74) is -1.11. The van der Waals surface area contributed by atoms with Crippen LogP contribution in [0.4, 0.5) is 4.79 Å². The van der Waals surface area contributed by atoms with Crippen LogP contribution in [-0.2, 0) is 43.0 Å². The number of ketones is 1. The lowest BCUT2D eigenvalue weighted by Gasteiger charge is -2.37. The van der Waals surface area contributed by atoms with Crippen molar-refractivity contribution in [3.8, 4) is 0 Å². The first kappa shape index (κ1) is 43.2. The lowest BCUT2D eigenvalue weighted by atomic mass is 9.80. The van der Waals surface area contributed by atoms with E-state index in [2.05, 4.69) is 21.3 Å². The zero-order valence-electron chi connectivity index (χ0n) is 33.6. The summed E-state index contributed by atoms with van der Waals surface area (Å²) in [5, 5.41) is 10.4. The summed E-state index contributed by atoms with van der Waals surface area (Å²) in [6, 6.07) is 3.90. The minimum absolute atomic E-state index is 0.0370. The molecule has 0 aromatic heterocycles. The van der Waals surface area contributed by atoms with Crippen molar-refractivity contribution >= 4 is 41.4 Å². The highest BCUT2D eigenvalue weighted by Gasteiger charge is 2.58. The molecule has 2 aliphatic heterocycles. The van der Waals surface area contributed by atoms with Gasteiger partial charge in [0, 0.05) is 14.1 Å². The minimum Gasteiger partial charge on any atom is -0.444 e. The maximum Gasteiger partial charge on any atom is 0.408 e. The summed E-state index contributed by atoms with van der Waals surface area (Å²) in [4.78, 5) is 97.0. The van der Waals surface area contributed by atoms with Crippen molar-refractivity contribution in [2.75, 3.05) is 27.2 Å². The van der Waals surface area contributed by atoms with E-state index in [9.17, 15) is 33.6 Å². The van der Waals surface area contributed by atoms with Crippen molar-refractivity contribution in [3.63, 3.8) is 0 Å². The largest absolute Gasteiger partial charge is 0.444 e. The van der Waals surface area contributed by atoms with Crippen LogP contribution < -0.4 is 21.3 Å². The average Bonchev–Trinajstić information content (AvgIpc) is 3.55. The zero-order valence-corrected chi connectivity index (χ0v) is 33.6. The van der Waals surface area contributed by atoms with Crippen LogP contribution in [0.1, 0.15) is 92.7 Å². The van der Waals surface area contributed by atoms with Gasteiger partial charge in [-0.25, -0.2) is 4.79 Å². The fourth-order valence-corrected chi connectivity index (χ4v) is 6.87. The second-order valence-corrected chi connectivity index (χ2v) is 17.3. The molecule has 0 radical (unpaired) electrons. The molecule has 0 bridgehead atoms. The fourth-order valence-electron chi connectivity index (χ4n) is 6.87. The van der Waals surface area contributed by atoms with E-state index in [0.29, 0.717) is 5.56 Å². The highest BCUT2D eigenvalue weighted by Crippen LogP contribution is 2.38. The highest BCUT2D eigenvalue weighted by molar-refractivity contribution is 6.38. The molecular weight excluding hydrogens is 712 g/mol. The number of rotatable bonds is 13. The molecule has 55 heavy (non-hydrogen) atoms. The van der Waals surface area contributed by atoms with Gasteiger partial charge in [-0.2, -0.15) is 0 Å². The molecule has 4 rings (SSSR count). The predicted molar refractivity (Wildman–Crippen MR) is 200 cm³/mol. The van der Waals surface area contributed by atoms with Gasteiger partial charge in [-0.3, -0.25) is 28.8 Å². The number of nitrogens with zero attached hydrogens (tertiary/aromatic N) is 2. The van der Waals surface area contributed by atoms with Crippen LogP contribution >= 0.6 is 0 Å². The number of carbonyl (C=O) groups is 7. The van der Waals surface area contributed by atoms with Gasteiger partial charge in [0.25, 0.3) is 5.91 Å². The van der Waals surface area contributed by atoms with Crippen molar-refractivity contribution < 1.29 is 47.8 Å². The van der Waals surface area contributed by atoms with Gasteiger partial charge in [0.15, 0.2) is 5.79 Å². The SMILES string of the molecule is CN(C)C(=O)[C@@H](NC(=O)CNC(=O)C(=O)[C@H](CC1CCC1)NC(=O)C1C2OC(C)(C)OC2CN1C(=O)[C@@H](NC(=O)OC(C)(C)C)C(C)(C)C)c1ccccc1. The monoisotopic (exact) mass is 770 g/mol. The first-order chi connectivity index (χ1) is 25.5. The molecule has 3 aliphatic rings. The van der Waals surface area contributed by atoms with Gasteiger partial charge in [-0.1, -0.05) is 70.4 Å². The number of fused-ring (bicyclic) bond motifs is 1. The number of ether oxygens (including phenoxy) is 3. The maximum absolute atomic E-state index is 14.3. The normalized spacial score (nSPS) is 22.2. The van der Waals surface area contributed by atoms with Crippen LogP contribution in [0.25, 0.3) is 0 Å². The van der Waals surface area contributed by atoms with Crippen molar-refractivity contribution in [1.82, 2.24) is 31.1 Å². The number of hydrogen-bond donors (Lipinski definition) is 4. The second kappa shape index (κ2) is 17.1. The number of benzene rings is 1. The zero-order chi connectivity index (χ0) is 41.0. The Morgan fingerprint density at radius 2 is 1.56 bits per heavy atom. The average molecular weight is 771 g/mol. The van der Waals surface area contributed by atoms with Gasteiger partial charge in [0.05, 0.1) is 19.1 Å². The quantitative estimate of drug-likeness (QED) is 0.215. The van der Waals surface area contributed by atoms with Crippen LogP contribution in [0.5, 0.6) is 0 Å². The molecule has 0 spiro atoms. The molecule has 1 aromatic rings. The highest BCUT2D eigenvalue weighted by atomic mass is 16.8. The first-order valence-corrected chi connectivity index (χ1v) is 18.8. The molecule has 3 unspecified atom stereocenters. The van der Waals surface area contributed by atoms with Gasteiger partial charge in [-0.05, 0) is 57.9 Å². The Kier molecular flexibility index (Phi) is 13.4. The van der Waals surface area contributed by atoms with E-state index in [-0.39, 0.29) is 24.8 Å². The van der Waals surface area contributed by atoms with Gasteiger partial charge in [-0.15, -0.1) is 0 Å². The van der Waals surface area contributed by atoms with E-state index in [1.165, 1.54) is 9.80 Å². The molecule has 1 aliphatic carbocycles. The maximum atomic E-state index is 14.3. The topological polar surface area (TPSA) is 202 Å². The van der Waals surface area contributed by atoms with E-state index in [0.717, 1.165) is 19.3 Å². The summed E-state index contributed by atoms with van der Waals surface area (Å²) in [6.07, 6.45) is 0.295. The van der Waals surface area contributed by atoms with E-state index >= 15 is 0 Å². The van der Waals surface area contributed by atoms with E-state index < -0.39 is 95.2 Å². The van der Waals surface area contributed by atoms with Crippen LogP contribution in [-0.4, -0.2) is 120 Å². The first-order valence-electron chi connectivity index (χ1n) is 18.8. The van der Waals surface area contributed by atoms with Gasteiger partial charge >= 0.3 is 6.09 Å². The van der Waals surface area contributed by atoms with Crippen LogP contribution in [0, 0.1) is 11.3 Å². The smallest absolute Gasteiger partial charge is 0.408 e. The van der Waals surface area contributed by atoms with Gasteiger partial charge in [0.1, 0.15) is 35.9 Å². The van der Waals surface area contributed by atoms with Gasteiger partial charge in [0.2, 0.25) is 29.4 Å². The molecule has 1 saturated carbocycles. The molecule has 2 saturated heterocycles. The van der Waals surface area contributed by atoms with Crippen molar-refractivity contribution in [2.45, 2.75) is 129 Å². The summed E-state index contributed by atoms with van der Waals surface area (Å²) in [7, 11) is 3.11. The Hall–Kier alpha value is -4.57. The molecule has 16 heteroatoms. The summed E-state index contributed by atoms with van der Waals surface area (Å²) < 4.78 is 17.6. The summed E-state index contributed by atoms with van der Waals surface area (Å²) >= 11 is 0. The van der Waals surface area contributed by atoms with Crippen LogP contribution in [0.2, 0.25) is 0 Å². The predicted octanol–water partition coefficient (Wildman–Crippen LogP) is 1.96. The lowest BCUT2D eigenvalue weighted by molar-refractivity contribution is -0.171. The standard InChI is InChI=1S/C39H58N6O10/c1-37(2,3)31(43-36(52)55-38(4,5)6)35(51)45-21-25-30(54-39(7,8)53-25)28(45)32(48)41-24(19-22-15-14-16-22)29(47)33(49)40-20-26(46)42-27(34(50)44(9)10)23-17-12-11-13-18-23/h11-13,17-18,22,24-25,27-28,30-31H,14-16,19-21H2,1-10H3,(H,40,49)(H,41,48)(H,42,46)(H,43,52)/t24-,25?,27-,28?,30?,31+/m0/s1. The number of Topliss-reactive ketones (excluding diaryl/α,β-unsaturated/α-hetero) is 1. The van der Waals surface area contributed by atoms with Crippen LogP contribution in [0.3, 0.4) is 0 Å². The van der Waals surface area contributed by atoms with Crippen molar-refractivity contribution in [2.24, 2.45) is 11.3 Å². The number of hydrogen-bond acceptors (Lipinski definition) is 10. The fraction of sp³-hybridized carbons (Fsp3) is 0.667. The Morgan fingerprint density at radius 3 is 2.11 bits per heavy atom. The summed E-state index contributed by atoms with van der Waals surface area (Å²) in [5.74, 6) is -5.47. The molecule has 304 valence electrons. The number of likely N-dealkylation sites (tertiary alicyclic amines) is 1. The van der Waals surface area contributed by atoms with E-state index in [1.54, 1.807) is 99.8 Å². The third kappa shape index (κ3) is 11.2. The number of nitrogens with one attached hydrogen (secondary N) is 4. The Labute approximate surface area is 323 Å². The third-order valence-corrected chi connectivity index (χ3v) is 9.76. The van der Waals surface area contributed by atoms with E-state index in [4.69, 9.17) is 14.2 Å². The van der Waals surface area contributed by atoms with Crippen molar-refractivity contribution in [1.29, 1.82) is 0 Å². The molecule has 6 atom stereocenters. The molecule has 1 aromatic carbocycles. The number of amides is 6. The molecule has 4 N–H and O–H groups in total. The number of likely N-dealkylation sites (N-methyl/N-ethyl adjacent to an activating group) is 1. The number of alkyl carbamates (subject to hydrolysis) is 1. The van der Waals surface area contributed by atoms with Crippen LogP contribution in [0.15, 0.2) is 30.3 Å². The Morgan fingerprint density at radius 1 is 0.927 bits per heavy atom.